The van der Waals surface area contributed by atoms with Crippen LogP contribution in [0.15, 0.2) is 18.2 Å². The van der Waals surface area contributed by atoms with Gasteiger partial charge in [0.25, 0.3) is 0 Å². The molecule has 2 aliphatic rings. The summed E-state index contributed by atoms with van der Waals surface area (Å²) in [5.74, 6) is 0.568. The average molecular weight is 313 g/mol. The molecule has 0 unspecified atom stereocenters. The number of epoxide rings is 1. The van der Waals surface area contributed by atoms with E-state index in [1.165, 1.54) is 6.92 Å². The van der Waals surface area contributed by atoms with Gasteiger partial charge in [-0.25, -0.2) is 4.98 Å². The summed E-state index contributed by atoms with van der Waals surface area (Å²) in [6, 6.07) is 6.03. The van der Waals surface area contributed by atoms with Gasteiger partial charge in [0.05, 0.1) is 11.2 Å². The van der Waals surface area contributed by atoms with E-state index in [4.69, 9.17) is 14.2 Å². The summed E-state index contributed by atoms with van der Waals surface area (Å²) in [6.45, 7) is 7.72. The van der Waals surface area contributed by atoms with Crippen molar-refractivity contribution in [3.63, 3.8) is 0 Å². The summed E-state index contributed by atoms with van der Waals surface area (Å²) in [7, 11) is 0. The minimum atomic E-state index is -0.306. The highest BCUT2D eigenvalue weighted by Gasteiger charge is 2.56. The fourth-order valence-electron chi connectivity index (χ4n) is 3.29. The first kappa shape index (κ1) is 14.5. The molecule has 0 N–H and O–H groups in total. The van der Waals surface area contributed by atoms with E-state index in [0.717, 1.165) is 33.5 Å². The third-order valence-corrected chi connectivity index (χ3v) is 4.48. The highest BCUT2D eigenvalue weighted by atomic mass is 16.6. The summed E-state index contributed by atoms with van der Waals surface area (Å²) in [5.41, 5.74) is 3.46. The molecule has 120 valence electrons. The van der Waals surface area contributed by atoms with Crippen LogP contribution in [0.3, 0.4) is 0 Å². The van der Waals surface area contributed by atoms with Gasteiger partial charge in [-0.15, -0.1) is 0 Å². The fraction of sp³-hybridized carbons (Fsp3) is 0.444. The number of nitrogens with zero attached hydrogens (tertiary/aromatic N) is 1. The Balaban J connectivity index is 1.78. The van der Waals surface area contributed by atoms with Crippen molar-refractivity contribution in [1.82, 2.24) is 4.98 Å². The molecule has 0 bridgehead atoms. The van der Waals surface area contributed by atoms with Crippen LogP contribution in [-0.4, -0.2) is 22.7 Å². The van der Waals surface area contributed by atoms with Gasteiger partial charge in [-0.05, 0) is 44.5 Å². The van der Waals surface area contributed by atoms with Crippen LogP contribution in [0, 0.1) is 6.92 Å². The number of rotatable bonds is 2. The summed E-state index contributed by atoms with van der Waals surface area (Å²) in [6.07, 6.45) is 0.204. The molecule has 5 nitrogen and oxygen atoms in total. The van der Waals surface area contributed by atoms with Crippen LogP contribution in [0.1, 0.15) is 43.7 Å². The molecule has 1 saturated heterocycles. The first-order valence-electron chi connectivity index (χ1n) is 7.77. The molecular weight excluding hydrogens is 294 g/mol. The molecule has 2 atom stereocenters. The molecule has 5 heteroatoms. The molecule has 2 aliphatic heterocycles. The summed E-state index contributed by atoms with van der Waals surface area (Å²) < 4.78 is 17.0. The van der Waals surface area contributed by atoms with Gasteiger partial charge in [-0.3, -0.25) is 4.79 Å². The van der Waals surface area contributed by atoms with Gasteiger partial charge in [0.2, 0.25) is 0 Å². The lowest BCUT2D eigenvalue weighted by Crippen LogP contribution is -2.37. The topological polar surface area (TPSA) is 61.0 Å². The normalized spacial score (nSPS) is 23.7. The second-order valence-corrected chi connectivity index (χ2v) is 6.80. The number of hydrogen-bond acceptors (Lipinski definition) is 5. The molecule has 0 aliphatic carbocycles. The van der Waals surface area contributed by atoms with E-state index in [0.29, 0.717) is 0 Å². The van der Waals surface area contributed by atoms with Gasteiger partial charge in [-0.1, -0.05) is 0 Å². The molecule has 0 amide bonds. The number of aromatic nitrogens is 1. The molecule has 4 rings (SSSR count). The molecule has 23 heavy (non-hydrogen) atoms. The number of pyridine rings is 1. The Morgan fingerprint density at radius 3 is 2.87 bits per heavy atom. The second-order valence-electron chi connectivity index (χ2n) is 6.80. The lowest BCUT2D eigenvalue weighted by Gasteiger charge is -2.29. The molecule has 1 fully saturated rings. The minimum absolute atomic E-state index is 0.0948. The Kier molecular flexibility index (Phi) is 2.94. The highest BCUT2D eigenvalue weighted by Crippen LogP contribution is 2.54. The maximum absolute atomic E-state index is 11.0. The minimum Gasteiger partial charge on any atom is -0.485 e. The van der Waals surface area contributed by atoms with Crippen molar-refractivity contribution in [2.24, 2.45) is 0 Å². The first-order chi connectivity index (χ1) is 10.8. The van der Waals surface area contributed by atoms with E-state index in [1.54, 1.807) is 0 Å². The Morgan fingerprint density at radius 2 is 2.13 bits per heavy atom. The number of fused-ring (bicyclic) bond motifs is 4. The van der Waals surface area contributed by atoms with Gasteiger partial charge >= 0.3 is 5.97 Å². The van der Waals surface area contributed by atoms with Gasteiger partial charge in [0.1, 0.15) is 30.2 Å². The Bertz CT molecular complexity index is 827. The van der Waals surface area contributed by atoms with Crippen molar-refractivity contribution in [2.45, 2.75) is 52.1 Å². The smallest absolute Gasteiger partial charge is 0.303 e. The van der Waals surface area contributed by atoms with E-state index >= 15 is 0 Å². The van der Waals surface area contributed by atoms with Crippen LogP contribution in [0.5, 0.6) is 5.75 Å². The number of hydrogen-bond donors (Lipinski definition) is 0. The lowest BCUT2D eigenvalue weighted by molar-refractivity contribution is -0.142. The van der Waals surface area contributed by atoms with Gasteiger partial charge in [-0.2, -0.15) is 0 Å². The number of esters is 1. The molecule has 1 aromatic carbocycles. The van der Waals surface area contributed by atoms with Crippen LogP contribution in [-0.2, 0) is 20.9 Å². The predicted octanol–water partition coefficient (Wildman–Crippen LogP) is 3.22. The number of benzene rings is 1. The molecule has 2 aromatic rings. The van der Waals surface area contributed by atoms with Crippen LogP contribution in [0.25, 0.3) is 10.9 Å². The van der Waals surface area contributed by atoms with Crippen molar-refractivity contribution in [1.29, 1.82) is 0 Å². The number of carbonyl (C=O) groups is 1. The van der Waals surface area contributed by atoms with Crippen molar-refractivity contribution < 1.29 is 19.0 Å². The molecule has 3 heterocycles. The van der Waals surface area contributed by atoms with E-state index in [-0.39, 0.29) is 30.4 Å². The third-order valence-electron chi connectivity index (χ3n) is 4.48. The molecule has 1 aromatic heterocycles. The largest absolute Gasteiger partial charge is 0.485 e. The van der Waals surface area contributed by atoms with Crippen LogP contribution in [0.2, 0.25) is 0 Å². The number of ether oxygens (including phenoxy) is 3. The quantitative estimate of drug-likeness (QED) is 0.629. The number of aryl methyl sites for hydroxylation is 1. The van der Waals surface area contributed by atoms with Gasteiger partial charge < -0.3 is 14.2 Å². The van der Waals surface area contributed by atoms with E-state index < -0.39 is 0 Å². The van der Waals surface area contributed by atoms with Crippen LogP contribution < -0.4 is 4.74 Å². The monoisotopic (exact) mass is 313 g/mol. The molecule has 0 radical (unpaired) electrons. The highest BCUT2D eigenvalue weighted by molar-refractivity contribution is 5.85. The van der Waals surface area contributed by atoms with Crippen molar-refractivity contribution >= 4 is 16.9 Å². The fourth-order valence-corrected chi connectivity index (χ4v) is 3.29. The summed E-state index contributed by atoms with van der Waals surface area (Å²) in [4.78, 5) is 15.6. The van der Waals surface area contributed by atoms with Crippen molar-refractivity contribution in [2.75, 3.05) is 0 Å². The predicted molar refractivity (Wildman–Crippen MR) is 84.3 cm³/mol. The maximum atomic E-state index is 11.0. The van der Waals surface area contributed by atoms with Gasteiger partial charge in [0, 0.05) is 17.9 Å². The van der Waals surface area contributed by atoms with Crippen LogP contribution >= 0.6 is 0 Å². The standard InChI is InChI=1S/C18H19NO4/c1-9-5-11(8-21-10(2)20)19-14-6-13-15(7-12(9)14)23-18(3,4)17-16(13)22-17/h5-7,16-17H,8H2,1-4H3/t16-,17-/m0/s1. The molecule has 0 saturated carbocycles. The lowest BCUT2D eigenvalue weighted by atomic mass is 9.93. The second kappa shape index (κ2) is 4.68. The Hall–Kier alpha value is -2.14. The zero-order valence-electron chi connectivity index (χ0n) is 13.7. The van der Waals surface area contributed by atoms with E-state index in [9.17, 15) is 4.79 Å². The Morgan fingerprint density at radius 1 is 1.35 bits per heavy atom. The zero-order valence-corrected chi connectivity index (χ0v) is 13.7. The third kappa shape index (κ3) is 2.36. The van der Waals surface area contributed by atoms with Crippen molar-refractivity contribution in [3.8, 4) is 5.75 Å². The maximum Gasteiger partial charge on any atom is 0.303 e. The van der Waals surface area contributed by atoms with E-state index in [2.05, 4.69) is 18.8 Å². The Labute approximate surface area is 134 Å². The van der Waals surface area contributed by atoms with E-state index in [1.807, 2.05) is 25.1 Å². The molecular formula is C18H19NO4. The first-order valence-corrected chi connectivity index (χ1v) is 7.77. The van der Waals surface area contributed by atoms with Crippen LogP contribution in [0.4, 0.5) is 0 Å². The summed E-state index contributed by atoms with van der Waals surface area (Å²) in [5, 5.41) is 1.05. The summed E-state index contributed by atoms with van der Waals surface area (Å²) >= 11 is 0. The average Bonchev–Trinajstić information content (AvgIpc) is 3.26. The number of carbonyl (C=O) groups excluding carboxylic acids is 1. The van der Waals surface area contributed by atoms with Crippen molar-refractivity contribution in [3.05, 3.63) is 35.0 Å². The van der Waals surface area contributed by atoms with Gasteiger partial charge in [0.15, 0.2) is 0 Å². The zero-order chi connectivity index (χ0) is 16.4. The molecule has 0 spiro atoms. The SMILES string of the molecule is CC(=O)OCc1cc(C)c2cc3c(cc2n1)[C@@H]1O[C@@H]1C(C)(C)O3.